The van der Waals surface area contributed by atoms with Crippen LogP contribution in [0.25, 0.3) is 5.69 Å². The highest BCUT2D eigenvalue weighted by Crippen LogP contribution is 2.20. The van der Waals surface area contributed by atoms with Crippen LogP contribution in [-0.4, -0.2) is 56.4 Å². The smallest absolute Gasteiger partial charge is 0.322 e. The fourth-order valence-electron chi connectivity index (χ4n) is 2.70. The number of aryl methyl sites for hydroxylation is 1. The molecule has 1 aromatic heterocycles. The summed E-state index contributed by atoms with van der Waals surface area (Å²) < 4.78 is 7.21. The van der Waals surface area contributed by atoms with Gasteiger partial charge in [-0.1, -0.05) is 6.07 Å². The molecule has 1 aromatic carbocycles. The number of ether oxygens (including phenoxy) is 1. The Bertz CT molecular complexity index is 677. The summed E-state index contributed by atoms with van der Waals surface area (Å²) in [6.07, 6.45) is 1.60. The van der Waals surface area contributed by atoms with E-state index in [4.69, 9.17) is 4.74 Å². The minimum Gasteiger partial charge on any atom is -0.372 e. The van der Waals surface area contributed by atoms with E-state index in [1.165, 1.54) is 6.33 Å². The average Bonchev–Trinajstić information content (AvgIpc) is 3.02. The zero-order valence-corrected chi connectivity index (χ0v) is 13.4. The Morgan fingerprint density at radius 1 is 1.30 bits per heavy atom. The Morgan fingerprint density at radius 3 is 2.70 bits per heavy atom. The topological polar surface area (TPSA) is 85.2 Å². The quantitative estimate of drug-likeness (QED) is 0.910. The summed E-state index contributed by atoms with van der Waals surface area (Å²) in [7, 11) is 0. The maximum atomic E-state index is 12.5. The molecule has 122 valence electrons. The molecule has 0 spiro atoms. The molecule has 0 bridgehead atoms. The van der Waals surface area contributed by atoms with E-state index in [1.54, 1.807) is 9.58 Å². The van der Waals surface area contributed by atoms with Gasteiger partial charge in [-0.15, -0.1) is 5.10 Å². The highest BCUT2D eigenvalue weighted by Gasteiger charge is 2.26. The zero-order valence-electron chi connectivity index (χ0n) is 13.4. The highest BCUT2D eigenvalue weighted by molar-refractivity contribution is 5.90. The summed E-state index contributed by atoms with van der Waals surface area (Å²) in [5.74, 6) is 0. The van der Waals surface area contributed by atoms with Crippen LogP contribution in [0.4, 0.5) is 10.5 Å². The van der Waals surface area contributed by atoms with Crippen molar-refractivity contribution in [2.75, 3.05) is 18.4 Å². The number of amides is 2. The molecule has 2 heterocycles. The first-order chi connectivity index (χ1) is 11.0. The van der Waals surface area contributed by atoms with Crippen molar-refractivity contribution in [1.29, 1.82) is 0 Å². The second-order valence-electron chi connectivity index (χ2n) is 5.85. The molecule has 8 nitrogen and oxygen atoms in total. The predicted molar refractivity (Wildman–Crippen MR) is 84.5 cm³/mol. The van der Waals surface area contributed by atoms with Crippen molar-refractivity contribution in [3.63, 3.8) is 0 Å². The van der Waals surface area contributed by atoms with Crippen molar-refractivity contribution in [2.24, 2.45) is 0 Å². The van der Waals surface area contributed by atoms with Gasteiger partial charge < -0.3 is 15.0 Å². The van der Waals surface area contributed by atoms with Crippen LogP contribution in [0.1, 0.15) is 19.4 Å². The van der Waals surface area contributed by atoms with Gasteiger partial charge in [0.05, 0.1) is 17.9 Å². The van der Waals surface area contributed by atoms with E-state index < -0.39 is 0 Å². The summed E-state index contributed by atoms with van der Waals surface area (Å²) in [5, 5.41) is 14.1. The number of anilines is 1. The number of nitrogens with one attached hydrogen (secondary N) is 1. The molecule has 1 aliphatic rings. The standard InChI is InChI=1S/C15H20N6O2/c1-10-4-5-13(21-9-16-18-19-21)6-14(10)17-15(22)20-7-11(2)23-12(3)8-20/h4-6,9,11-12H,7-8H2,1-3H3,(H,17,22). The molecule has 1 fully saturated rings. The molecule has 0 saturated carbocycles. The van der Waals surface area contributed by atoms with Crippen LogP contribution in [-0.2, 0) is 4.74 Å². The van der Waals surface area contributed by atoms with Crippen molar-refractivity contribution < 1.29 is 9.53 Å². The van der Waals surface area contributed by atoms with Crippen LogP contribution in [0.3, 0.4) is 0 Å². The lowest BCUT2D eigenvalue weighted by Gasteiger charge is -2.35. The summed E-state index contributed by atoms with van der Waals surface area (Å²) in [5.41, 5.74) is 2.51. The third kappa shape index (κ3) is 3.48. The van der Waals surface area contributed by atoms with E-state index in [2.05, 4.69) is 20.8 Å². The lowest BCUT2D eigenvalue weighted by Crippen LogP contribution is -2.49. The number of rotatable bonds is 2. The molecule has 1 N–H and O–H groups in total. The van der Waals surface area contributed by atoms with Crippen LogP contribution in [0, 0.1) is 6.92 Å². The zero-order chi connectivity index (χ0) is 16.4. The van der Waals surface area contributed by atoms with Crippen molar-refractivity contribution in [1.82, 2.24) is 25.1 Å². The molecule has 2 amide bonds. The molecule has 23 heavy (non-hydrogen) atoms. The van der Waals surface area contributed by atoms with E-state index in [9.17, 15) is 4.79 Å². The summed E-state index contributed by atoms with van der Waals surface area (Å²) in [6.45, 7) is 7.06. The molecule has 2 atom stereocenters. The first-order valence-corrected chi connectivity index (χ1v) is 7.58. The largest absolute Gasteiger partial charge is 0.372 e. The second-order valence-corrected chi connectivity index (χ2v) is 5.85. The fraction of sp³-hybridized carbons (Fsp3) is 0.467. The maximum Gasteiger partial charge on any atom is 0.322 e. The molecule has 2 aromatic rings. The number of nitrogens with zero attached hydrogens (tertiary/aromatic N) is 5. The predicted octanol–water partition coefficient (Wildman–Crippen LogP) is 1.61. The molecular weight excluding hydrogens is 296 g/mol. The van der Waals surface area contributed by atoms with E-state index >= 15 is 0 Å². The second kappa shape index (κ2) is 6.33. The maximum absolute atomic E-state index is 12.5. The third-order valence-electron chi connectivity index (χ3n) is 3.78. The van der Waals surface area contributed by atoms with E-state index in [-0.39, 0.29) is 18.2 Å². The number of urea groups is 1. The first-order valence-electron chi connectivity index (χ1n) is 7.58. The number of carbonyl (C=O) groups is 1. The number of aromatic nitrogens is 4. The van der Waals surface area contributed by atoms with Gasteiger partial charge in [-0.05, 0) is 48.9 Å². The Morgan fingerprint density at radius 2 is 2.04 bits per heavy atom. The van der Waals surface area contributed by atoms with Gasteiger partial charge in [-0.25, -0.2) is 9.48 Å². The Hall–Kier alpha value is -2.48. The molecule has 3 rings (SSSR count). The molecular formula is C15H20N6O2. The van der Waals surface area contributed by atoms with Gasteiger partial charge in [0.25, 0.3) is 0 Å². The van der Waals surface area contributed by atoms with Crippen molar-refractivity contribution >= 4 is 11.7 Å². The van der Waals surface area contributed by atoms with E-state index in [1.807, 2.05) is 39.0 Å². The van der Waals surface area contributed by atoms with Crippen molar-refractivity contribution in [3.05, 3.63) is 30.1 Å². The molecule has 8 heteroatoms. The SMILES string of the molecule is Cc1ccc(-n2cnnn2)cc1NC(=O)N1CC(C)OC(C)C1. The minimum absolute atomic E-state index is 0.0400. The average molecular weight is 316 g/mol. The Kier molecular flexibility index (Phi) is 4.24. The minimum atomic E-state index is -0.121. The van der Waals surface area contributed by atoms with Gasteiger partial charge in [0.1, 0.15) is 6.33 Å². The van der Waals surface area contributed by atoms with Gasteiger partial charge in [-0.2, -0.15) is 0 Å². The van der Waals surface area contributed by atoms with Crippen molar-refractivity contribution in [3.8, 4) is 5.69 Å². The number of carbonyl (C=O) groups excluding carboxylic acids is 1. The van der Waals surface area contributed by atoms with Gasteiger partial charge >= 0.3 is 6.03 Å². The van der Waals surface area contributed by atoms with Crippen LogP contribution < -0.4 is 5.32 Å². The van der Waals surface area contributed by atoms with Crippen LogP contribution in [0.2, 0.25) is 0 Å². The monoisotopic (exact) mass is 316 g/mol. The van der Waals surface area contributed by atoms with Gasteiger partial charge in [-0.3, -0.25) is 0 Å². The number of hydrogen-bond donors (Lipinski definition) is 1. The fourth-order valence-corrected chi connectivity index (χ4v) is 2.70. The van der Waals surface area contributed by atoms with E-state index in [0.29, 0.717) is 13.1 Å². The Labute approximate surface area is 134 Å². The number of hydrogen-bond acceptors (Lipinski definition) is 5. The van der Waals surface area contributed by atoms with Crippen LogP contribution >= 0.6 is 0 Å². The molecule has 0 aliphatic carbocycles. The van der Waals surface area contributed by atoms with Crippen LogP contribution in [0.15, 0.2) is 24.5 Å². The number of benzene rings is 1. The molecule has 2 unspecified atom stereocenters. The summed E-state index contributed by atoms with van der Waals surface area (Å²) in [6, 6.07) is 5.57. The lowest BCUT2D eigenvalue weighted by atomic mass is 10.2. The van der Waals surface area contributed by atoms with E-state index in [0.717, 1.165) is 16.9 Å². The van der Waals surface area contributed by atoms with Gasteiger partial charge in [0, 0.05) is 18.8 Å². The number of morpholine rings is 1. The molecule has 0 radical (unpaired) electrons. The first kappa shape index (κ1) is 15.4. The molecule has 1 aliphatic heterocycles. The Balaban J connectivity index is 1.76. The molecule has 1 saturated heterocycles. The van der Waals surface area contributed by atoms with Crippen molar-refractivity contribution in [2.45, 2.75) is 33.0 Å². The normalized spacial score (nSPS) is 21.3. The third-order valence-corrected chi connectivity index (χ3v) is 3.78. The number of tetrazole rings is 1. The summed E-state index contributed by atoms with van der Waals surface area (Å²) >= 11 is 0. The summed E-state index contributed by atoms with van der Waals surface area (Å²) in [4.78, 5) is 14.3. The highest BCUT2D eigenvalue weighted by atomic mass is 16.5. The van der Waals surface area contributed by atoms with Gasteiger partial charge in [0.15, 0.2) is 0 Å². The lowest BCUT2D eigenvalue weighted by molar-refractivity contribution is -0.0530. The van der Waals surface area contributed by atoms with Gasteiger partial charge in [0.2, 0.25) is 0 Å². The van der Waals surface area contributed by atoms with Crippen LogP contribution in [0.5, 0.6) is 0 Å².